The van der Waals surface area contributed by atoms with Crippen LogP contribution < -0.4 is 16.4 Å². The number of furan rings is 1. The molecule has 2 heterocycles. The molecule has 0 radical (unpaired) electrons. The third-order valence-corrected chi connectivity index (χ3v) is 9.64. The van der Waals surface area contributed by atoms with E-state index in [9.17, 15) is 26.4 Å². The molecule has 5 rings (SSSR count). The molecule has 1 aliphatic heterocycles. The molecule has 8 nitrogen and oxygen atoms in total. The van der Waals surface area contributed by atoms with Crippen LogP contribution in [0.2, 0.25) is 0 Å². The van der Waals surface area contributed by atoms with Gasteiger partial charge < -0.3 is 20.8 Å². The number of benzene rings is 3. The molecule has 0 spiro atoms. The molecule has 3 aromatic carbocycles. The van der Waals surface area contributed by atoms with E-state index in [2.05, 4.69) is 10.6 Å². The van der Waals surface area contributed by atoms with Gasteiger partial charge in [-0.05, 0) is 79.4 Å². The summed E-state index contributed by atoms with van der Waals surface area (Å²) < 4.78 is 90.6. The normalized spacial score (nSPS) is 17.2. The molecular formula is C32H32F4N4O4S. The molecule has 238 valence electrons. The van der Waals surface area contributed by atoms with E-state index in [0.717, 1.165) is 24.3 Å². The van der Waals surface area contributed by atoms with Crippen molar-refractivity contribution in [2.24, 2.45) is 5.73 Å². The van der Waals surface area contributed by atoms with Gasteiger partial charge in [-0.1, -0.05) is 18.2 Å². The third kappa shape index (κ3) is 7.28. The van der Waals surface area contributed by atoms with Crippen molar-refractivity contribution in [2.45, 2.75) is 42.9 Å². The van der Waals surface area contributed by atoms with E-state index in [-0.39, 0.29) is 41.3 Å². The van der Waals surface area contributed by atoms with Crippen LogP contribution in [0.4, 0.5) is 23.2 Å². The molecule has 3 atom stereocenters. The fourth-order valence-corrected chi connectivity index (χ4v) is 7.22. The first-order valence-corrected chi connectivity index (χ1v) is 15.7. The number of sulfonamides is 1. The van der Waals surface area contributed by atoms with Gasteiger partial charge in [0, 0.05) is 48.9 Å². The average molecular weight is 645 g/mol. The molecule has 0 bridgehead atoms. The Morgan fingerprint density at radius 2 is 1.71 bits per heavy atom. The Bertz CT molecular complexity index is 1760. The predicted molar refractivity (Wildman–Crippen MR) is 160 cm³/mol. The Kier molecular flexibility index (Phi) is 9.73. The van der Waals surface area contributed by atoms with Gasteiger partial charge in [0.2, 0.25) is 11.0 Å². The van der Waals surface area contributed by atoms with Crippen molar-refractivity contribution in [3.05, 3.63) is 119 Å². The number of nitrogens with two attached hydrogens (primary N) is 1. The monoisotopic (exact) mass is 644 g/mol. The average Bonchev–Trinajstić information content (AvgIpc) is 3.45. The fraction of sp³-hybridized carbons (Fsp3) is 0.281. The summed E-state index contributed by atoms with van der Waals surface area (Å²) in [6, 6.07) is 12.9. The number of hydrogen-bond acceptors (Lipinski definition) is 6. The lowest BCUT2D eigenvalue weighted by Crippen LogP contribution is -2.53. The minimum absolute atomic E-state index is 0.0547. The smallest absolute Gasteiger partial charge is 0.276 e. The van der Waals surface area contributed by atoms with E-state index in [0.29, 0.717) is 30.5 Å². The van der Waals surface area contributed by atoms with Crippen molar-refractivity contribution in [3.8, 4) is 0 Å². The summed E-state index contributed by atoms with van der Waals surface area (Å²) in [7, 11) is -3.95. The number of amides is 1. The topological polar surface area (TPSA) is 118 Å². The van der Waals surface area contributed by atoms with Crippen molar-refractivity contribution < 1.29 is 35.2 Å². The molecule has 0 aliphatic carbocycles. The molecule has 13 heteroatoms. The lowest BCUT2D eigenvalue weighted by molar-refractivity contribution is -0.117. The number of piperazine rings is 1. The molecule has 1 fully saturated rings. The predicted octanol–water partition coefficient (Wildman–Crippen LogP) is 4.84. The highest BCUT2D eigenvalue weighted by Gasteiger charge is 2.36. The van der Waals surface area contributed by atoms with Gasteiger partial charge >= 0.3 is 0 Å². The molecule has 4 aromatic rings. The van der Waals surface area contributed by atoms with Crippen LogP contribution in [0.5, 0.6) is 0 Å². The van der Waals surface area contributed by atoms with Gasteiger partial charge in [-0.2, -0.15) is 4.31 Å². The van der Waals surface area contributed by atoms with E-state index in [1.807, 2.05) is 0 Å². The van der Waals surface area contributed by atoms with Crippen LogP contribution in [0.3, 0.4) is 0 Å². The summed E-state index contributed by atoms with van der Waals surface area (Å²) in [6.45, 7) is 2.59. The number of rotatable bonds is 10. The summed E-state index contributed by atoms with van der Waals surface area (Å²) in [5, 5.41) is 5.64. The van der Waals surface area contributed by atoms with E-state index < -0.39 is 57.2 Å². The SMILES string of the molecule is Cc1ccc(S(=O)(=O)N2CCNCC2CCc2c(F)cccc2NC(=O)C(N)C(c2ccc(F)cc2)c2cc(F)cc(F)c2)o1. The summed E-state index contributed by atoms with van der Waals surface area (Å²) in [4.78, 5) is 13.5. The fourth-order valence-electron chi connectivity index (χ4n) is 5.61. The zero-order chi connectivity index (χ0) is 32.3. The summed E-state index contributed by atoms with van der Waals surface area (Å²) in [5.41, 5.74) is 7.01. The van der Waals surface area contributed by atoms with Gasteiger partial charge in [0.25, 0.3) is 10.0 Å². The molecule has 0 saturated carbocycles. The Hall–Kier alpha value is -4.04. The van der Waals surface area contributed by atoms with Crippen LogP contribution in [-0.4, -0.2) is 50.3 Å². The maximum Gasteiger partial charge on any atom is 0.276 e. The molecule has 1 saturated heterocycles. The van der Waals surface area contributed by atoms with Crippen LogP contribution in [0.1, 0.15) is 34.8 Å². The van der Waals surface area contributed by atoms with Crippen LogP contribution in [-0.2, 0) is 21.2 Å². The molecule has 1 amide bonds. The number of nitrogens with one attached hydrogen (secondary N) is 2. The number of aryl methyl sites for hydroxylation is 1. The van der Waals surface area contributed by atoms with Crippen LogP contribution >= 0.6 is 0 Å². The zero-order valence-electron chi connectivity index (χ0n) is 24.3. The number of halogens is 4. The lowest BCUT2D eigenvalue weighted by Gasteiger charge is -2.34. The van der Waals surface area contributed by atoms with E-state index >= 15 is 4.39 Å². The maximum absolute atomic E-state index is 15.2. The first kappa shape index (κ1) is 32.4. The van der Waals surface area contributed by atoms with Gasteiger partial charge in [-0.15, -0.1) is 0 Å². The summed E-state index contributed by atoms with van der Waals surface area (Å²) in [6.07, 6.45) is 0.270. The first-order chi connectivity index (χ1) is 21.4. The van der Waals surface area contributed by atoms with Gasteiger partial charge in [0.15, 0.2) is 0 Å². The number of carbonyl (C=O) groups is 1. The highest BCUT2D eigenvalue weighted by Crippen LogP contribution is 2.31. The second kappa shape index (κ2) is 13.5. The molecule has 4 N–H and O–H groups in total. The number of nitrogens with zero attached hydrogens (tertiary/aromatic N) is 1. The zero-order valence-corrected chi connectivity index (χ0v) is 25.1. The summed E-state index contributed by atoms with van der Waals surface area (Å²) >= 11 is 0. The highest BCUT2D eigenvalue weighted by atomic mass is 32.2. The Balaban J connectivity index is 1.38. The molecular weight excluding hydrogens is 612 g/mol. The first-order valence-electron chi connectivity index (χ1n) is 14.3. The number of hydrogen-bond donors (Lipinski definition) is 3. The van der Waals surface area contributed by atoms with Gasteiger partial charge in [0.05, 0.1) is 6.04 Å². The molecule has 1 aromatic heterocycles. The van der Waals surface area contributed by atoms with Crippen molar-refractivity contribution in [3.63, 3.8) is 0 Å². The van der Waals surface area contributed by atoms with E-state index in [4.69, 9.17) is 10.2 Å². The number of carbonyl (C=O) groups excluding carboxylic acids is 1. The third-order valence-electron chi connectivity index (χ3n) is 7.81. The van der Waals surface area contributed by atoms with Crippen molar-refractivity contribution in [2.75, 3.05) is 25.0 Å². The van der Waals surface area contributed by atoms with Crippen LogP contribution in [0, 0.1) is 30.2 Å². The van der Waals surface area contributed by atoms with Gasteiger partial charge in [-0.25, -0.2) is 26.0 Å². The maximum atomic E-state index is 15.2. The largest absolute Gasteiger partial charge is 0.449 e. The van der Waals surface area contributed by atoms with Crippen molar-refractivity contribution in [1.29, 1.82) is 0 Å². The molecule has 3 unspecified atom stereocenters. The van der Waals surface area contributed by atoms with E-state index in [1.165, 1.54) is 40.7 Å². The van der Waals surface area contributed by atoms with Gasteiger partial charge in [-0.3, -0.25) is 4.79 Å². The second-order valence-electron chi connectivity index (χ2n) is 10.9. The van der Waals surface area contributed by atoms with Crippen LogP contribution in [0.25, 0.3) is 0 Å². The molecule has 1 aliphatic rings. The Morgan fingerprint density at radius 1 is 1.00 bits per heavy atom. The minimum Gasteiger partial charge on any atom is -0.449 e. The van der Waals surface area contributed by atoms with Crippen molar-refractivity contribution >= 4 is 21.6 Å². The second-order valence-corrected chi connectivity index (χ2v) is 12.7. The quantitative estimate of drug-likeness (QED) is 0.213. The van der Waals surface area contributed by atoms with Crippen molar-refractivity contribution in [1.82, 2.24) is 9.62 Å². The summed E-state index contributed by atoms with van der Waals surface area (Å²) in [5.74, 6) is -4.34. The molecule has 45 heavy (non-hydrogen) atoms. The minimum atomic E-state index is -3.95. The highest BCUT2D eigenvalue weighted by molar-refractivity contribution is 7.89. The van der Waals surface area contributed by atoms with Gasteiger partial charge in [0.1, 0.15) is 29.0 Å². The lowest BCUT2D eigenvalue weighted by atomic mass is 9.84. The van der Waals surface area contributed by atoms with Crippen LogP contribution in [0.15, 0.2) is 82.3 Å². The Morgan fingerprint density at radius 3 is 2.38 bits per heavy atom. The number of anilines is 1. The Labute approximate surface area is 258 Å². The van der Waals surface area contributed by atoms with E-state index in [1.54, 1.807) is 13.0 Å². The standard InChI is InChI=1S/C32H32F4N4O4S/c1-19-5-12-29(44-19)45(42,43)40-14-13-38-18-25(40)10-11-26-27(36)3-2-4-28(26)39-32(41)31(37)30(20-6-8-22(33)9-7-20)21-15-23(34)17-24(35)16-21/h2-9,12,15-17,25,30-31,38H,10-11,13-14,18,37H2,1H3,(H,39,41).